The van der Waals surface area contributed by atoms with Gasteiger partial charge in [-0.25, -0.2) is 9.07 Å². The maximum atomic E-state index is 13.2. The average Bonchev–Trinajstić information content (AvgIpc) is 3.11. The summed E-state index contributed by atoms with van der Waals surface area (Å²) in [4.78, 5) is 0. The predicted octanol–water partition coefficient (Wildman–Crippen LogP) is 4.26. The van der Waals surface area contributed by atoms with Gasteiger partial charge in [-0.2, -0.15) is 5.10 Å². The van der Waals surface area contributed by atoms with Crippen molar-refractivity contribution in [1.82, 2.24) is 9.78 Å². The van der Waals surface area contributed by atoms with Crippen LogP contribution in [-0.2, 0) is 6.42 Å². The van der Waals surface area contributed by atoms with E-state index in [1.165, 1.54) is 28.8 Å². The van der Waals surface area contributed by atoms with E-state index in [-0.39, 0.29) is 5.82 Å². The first-order chi connectivity index (χ1) is 11.1. The smallest absolute Gasteiger partial charge is 0.133 e. The number of aromatic nitrogens is 2. The molecular weight excluding hydrogens is 289 g/mol. The molecule has 1 aliphatic rings. The number of nitrogens with zero attached hydrogens (tertiary/aromatic N) is 2. The zero-order chi connectivity index (χ0) is 16.0. The Morgan fingerprint density at radius 1 is 1.09 bits per heavy atom. The number of anilines is 1. The molecule has 0 spiro atoms. The third-order valence-corrected chi connectivity index (χ3v) is 4.35. The molecule has 0 amide bonds. The van der Waals surface area contributed by atoms with Crippen molar-refractivity contribution in [2.75, 3.05) is 11.9 Å². The van der Waals surface area contributed by atoms with Gasteiger partial charge < -0.3 is 5.32 Å². The highest BCUT2D eigenvalue weighted by molar-refractivity contribution is 5.73. The lowest BCUT2D eigenvalue weighted by Crippen LogP contribution is -2.05. The lowest BCUT2D eigenvalue weighted by molar-refractivity contribution is 0.628. The molecule has 1 aliphatic heterocycles. The molecule has 0 fully saturated rings. The van der Waals surface area contributed by atoms with Gasteiger partial charge in [0.25, 0.3) is 0 Å². The van der Waals surface area contributed by atoms with E-state index in [1.807, 2.05) is 4.68 Å². The van der Waals surface area contributed by atoms with Crippen molar-refractivity contribution in [3.8, 4) is 16.9 Å². The van der Waals surface area contributed by atoms with Gasteiger partial charge in [0.05, 0.1) is 11.4 Å². The van der Waals surface area contributed by atoms with Gasteiger partial charge in [0, 0.05) is 17.7 Å². The molecule has 3 nitrogen and oxygen atoms in total. The van der Waals surface area contributed by atoms with Gasteiger partial charge in [-0.3, -0.25) is 0 Å². The molecule has 0 aliphatic carbocycles. The van der Waals surface area contributed by atoms with Gasteiger partial charge >= 0.3 is 0 Å². The van der Waals surface area contributed by atoms with E-state index in [0.717, 1.165) is 35.7 Å². The Morgan fingerprint density at radius 3 is 2.61 bits per heavy atom. The van der Waals surface area contributed by atoms with Crippen LogP contribution < -0.4 is 5.32 Å². The van der Waals surface area contributed by atoms with Crippen molar-refractivity contribution in [3.63, 3.8) is 0 Å². The van der Waals surface area contributed by atoms with Gasteiger partial charge in [0.2, 0.25) is 0 Å². The van der Waals surface area contributed by atoms with Crippen molar-refractivity contribution in [2.24, 2.45) is 0 Å². The highest BCUT2D eigenvalue weighted by atomic mass is 19.1. The van der Waals surface area contributed by atoms with Crippen molar-refractivity contribution in [3.05, 3.63) is 65.0 Å². The van der Waals surface area contributed by atoms with E-state index >= 15 is 0 Å². The molecule has 4 rings (SSSR count). The van der Waals surface area contributed by atoms with Crippen LogP contribution in [0.1, 0.15) is 16.7 Å². The molecule has 0 radical (unpaired) electrons. The van der Waals surface area contributed by atoms with Crippen molar-refractivity contribution >= 4 is 5.82 Å². The molecule has 0 unspecified atom stereocenters. The second kappa shape index (κ2) is 5.23. The lowest BCUT2D eigenvalue weighted by Gasteiger charge is -2.10. The molecule has 0 atom stereocenters. The topological polar surface area (TPSA) is 29.9 Å². The first-order valence-electron chi connectivity index (χ1n) is 7.83. The summed E-state index contributed by atoms with van der Waals surface area (Å²) in [6.07, 6.45) is 0.937. The molecule has 3 aromatic rings. The van der Waals surface area contributed by atoms with E-state index in [1.54, 1.807) is 12.1 Å². The van der Waals surface area contributed by atoms with Crippen LogP contribution in [0.15, 0.2) is 42.5 Å². The summed E-state index contributed by atoms with van der Waals surface area (Å²) in [6.45, 7) is 5.10. The number of aryl methyl sites for hydroxylation is 2. The van der Waals surface area contributed by atoms with E-state index in [4.69, 9.17) is 5.10 Å². The fraction of sp³-hybridized carbons (Fsp3) is 0.211. The highest BCUT2D eigenvalue weighted by Crippen LogP contribution is 2.35. The molecule has 116 valence electrons. The van der Waals surface area contributed by atoms with Gasteiger partial charge in [0.15, 0.2) is 0 Å². The van der Waals surface area contributed by atoms with Crippen molar-refractivity contribution < 1.29 is 4.39 Å². The Morgan fingerprint density at radius 2 is 1.87 bits per heavy atom. The van der Waals surface area contributed by atoms with Crippen LogP contribution in [0.2, 0.25) is 0 Å². The van der Waals surface area contributed by atoms with Gasteiger partial charge in [-0.1, -0.05) is 17.7 Å². The second-order valence-electron chi connectivity index (χ2n) is 6.06. The summed E-state index contributed by atoms with van der Waals surface area (Å²) in [5.41, 5.74) is 6.60. The molecule has 23 heavy (non-hydrogen) atoms. The van der Waals surface area contributed by atoms with Crippen LogP contribution in [0.3, 0.4) is 0 Å². The van der Waals surface area contributed by atoms with Crippen molar-refractivity contribution in [1.29, 1.82) is 0 Å². The van der Waals surface area contributed by atoms with Crippen LogP contribution in [0.4, 0.5) is 10.2 Å². The van der Waals surface area contributed by atoms with Crippen LogP contribution in [0.5, 0.6) is 0 Å². The van der Waals surface area contributed by atoms with Crippen LogP contribution >= 0.6 is 0 Å². The number of hydrogen-bond acceptors (Lipinski definition) is 2. The van der Waals surface area contributed by atoms with E-state index in [2.05, 4.69) is 37.4 Å². The summed E-state index contributed by atoms with van der Waals surface area (Å²) >= 11 is 0. The number of nitrogens with one attached hydrogen (secondary N) is 1. The van der Waals surface area contributed by atoms with Crippen LogP contribution in [0.25, 0.3) is 16.9 Å². The van der Waals surface area contributed by atoms with Crippen LogP contribution in [-0.4, -0.2) is 16.3 Å². The van der Waals surface area contributed by atoms with Gasteiger partial charge in [-0.15, -0.1) is 0 Å². The molecule has 4 heteroatoms. The minimum Gasteiger partial charge on any atom is -0.369 e. The molecular formula is C19H18FN3. The number of rotatable bonds is 2. The maximum Gasteiger partial charge on any atom is 0.133 e. The number of halogens is 1. The van der Waals surface area contributed by atoms with Gasteiger partial charge in [0.1, 0.15) is 11.6 Å². The largest absolute Gasteiger partial charge is 0.369 e. The zero-order valence-electron chi connectivity index (χ0n) is 13.2. The minimum atomic E-state index is -0.225. The van der Waals surface area contributed by atoms with E-state index in [9.17, 15) is 4.39 Å². The zero-order valence-corrected chi connectivity index (χ0v) is 13.2. The summed E-state index contributed by atoms with van der Waals surface area (Å²) in [6, 6.07) is 12.9. The first-order valence-corrected chi connectivity index (χ1v) is 7.83. The average molecular weight is 307 g/mol. The third kappa shape index (κ3) is 2.31. The Labute approximate surface area is 134 Å². The molecule has 0 saturated heterocycles. The number of fused-ring (bicyclic) bond motifs is 1. The Hall–Kier alpha value is -2.62. The molecule has 1 aromatic heterocycles. The SMILES string of the molecule is Cc1ccc(-n2nc(-c3ccc(F)cc3)c3c2NCC3)c(C)c1. The quantitative estimate of drug-likeness (QED) is 0.766. The molecule has 0 saturated carbocycles. The monoisotopic (exact) mass is 307 g/mol. The van der Waals surface area contributed by atoms with E-state index < -0.39 is 0 Å². The first kappa shape index (κ1) is 14.0. The normalized spacial score (nSPS) is 13.0. The summed E-state index contributed by atoms with van der Waals surface area (Å²) in [5.74, 6) is 0.827. The minimum absolute atomic E-state index is 0.225. The maximum absolute atomic E-state index is 13.2. The van der Waals surface area contributed by atoms with E-state index in [0.29, 0.717) is 0 Å². The lowest BCUT2D eigenvalue weighted by atomic mass is 10.1. The molecule has 2 aromatic carbocycles. The summed E-state index contributed by atoms with van der Waals surface area (Å²) < 4.78 is 15.2. The number of hydrogen-bond donors (Lipinski definition) is 1. The fourth-order valence-electron chi connectivity index (χ4n) is 3.23. The summed E-state index contributed by atoms with van der Waals surface area (Å²) in [7, 11) is 0. The molecule has 0 bridgehead atoms. The molecule has 2 heterocycles. The predicted molar refractivity (Wildman–Crippen MR) is 90.6 cm³/mol. The highest BCUT2D eigenvalue weighted by Gasteiger charge is 2.24. The Bertz CT molecular complexity index is 878. The summed E-state index contributed by atoms with van der Waals surface area (Å²) in [5, 5.41) is 8.26. The Kier molecular flexibility index (Phi) is 3.18. The molecule has 1 N–H and O–H groups in total. The third-order valence-electron chi connectivity index (χ3n) is 4.35. The fourth-order valence-corrected chi connectivity index (χ4v) is 3.23. The number of benzene rings is 2. The Balaban J connectivity index is 1.89. The second-order valence-corrected chi connectivity index (χ2v) is 6.06. The van der Waals surface area contributed by atoms with Crippen molar-refractivity contribution in [2.45, 2.75) is 20.3 Å². The van der Waals surface area contributed by atoms with Gasteiger partial charge in [-0.05, 0) is 56.2 Å². The standard InChI is InChI=1S/C19H18FN3/c1-12-3-8-17(13(2)11-12)23-19-16(9-10-21-19)18(22-23)14-4-6-15(20)7-5-14/h3-8,11,21H,9-10H2,1-2H3. The van der Waals surface area contributed by atoms with Crippen LogP contribution in [0, 0.1) is 19.7 Å².